The van der Waals surface area contributed by atoms with Gasteiger partial charge in [-0.1, -0.05) is 13.8 Å². The lowest BCUT2D eigenvalue weighted by molar-refractivity contribution is 0.0698. The van der Waals surface area contributed by atoms with Crippen molar-refractivity contribution in [2.24, 2.45) is 13.0 Å². The van der Waals surface area contributed by atoms with Gasteiger partial charge in [-0.3, -0.25) is 0 Å². The molecule has 0 unspecified atom stereocenters. The summed E-state index contributed by atoms with van der Waals surface area (Å²) in [6.07, 6.45) is 2.36. The molecule has 0 saturated carbocycles. The zero-order chi connectivity index (χ0) is 13.4. The monoisotopic (exact) mass is 247 g/mol. The molecule has 2 heterocycles. The highest BCUT2D eigenvalue weighted by Crippen LogP contribution is 2.24. The SMILES string of the molecule is Cc1nc(CC(C)C)c2c(C(=O)O)cn(C)c2n1. The Morgan fingerprint density at radius 1 is 1.44 bits per heavy atom. The molecule has 96 valence electrons. The van der Waals surface area contributed by atoms with Gasteiger partial charge < -0.3 is 9.67 Å². The molecule has 5 nitrogen and oxygen atoms in total. The van der Waals surface area contributed by atoms with E-state index >= 15 is 0 Å². The van der Waals surface area contributed by atoms with Crippen LogP contribution in [-0.2, 0) is 13.5 Å². The Balaban J connectivity index is 2.78. The van der Waals surface area contributed by atoms with Crippen LogP contribution in [0.2, 0.25) is 0 Å². The van der Waals surface area contributed by atoms with Crippen LogP contribution in [0.5, 0.6) is 0 Å². The summed E-state index contributed by atoms with van der Waals surface area (Å²) >= 11 is 0. The number of carbonyl (C=O) groups is 1. The van der Waals surface area contributed by atoms with Gasteiger partial charge in [0, 0.05) is 13.2 Å². The molecule has 0 bridgehead atoms. The molecule has 0 spiro atoms. The fraction of sp³-hybridized carbons (Fsp3) is 0.462. The molecular formula is C13H17N3O2. The lowest BCUT2D eigenvalue weighted by Crippen LogP contribution is -2.04. The first-order valence-corrected chi connectivity index (χ1v) is 5.96. The van der Waals surface area contributed by atoms with Gasteiger partial charge in [0.15, 0.2) is 0 Å². The molecule has 2 rings (SSSR count). The number of carboxylic acid groups (broad SMARTS) is 1. The van der Waals surface area contributed by atoms with Crippen LogP contribution < -0.4 is 0 Å². The van der Waals surface area contributed by atoms with Crippen molar-refractivity contribution in [1.29, 1.82) is 0 Å². The first-order chi connectivity index (χ1) is 8.40. The molecule has 0 aliphatic rings. The van der Waals surface area contributed by atoms with Crippen LogP contribution in [0.15, 0.2) is 6.20 Å². The van der Waals surface area contributed by atoms with Gasteiger partial charge in [0.2, 0.25) is 0 Å². The Morgan fingerprint density at radius 3 is 2.67 bits per heavy atom. The van der Waals surface area contributed by atoms with Crippen molar-refractivity contribution < 1.29 is 9.90 Å². The van der Waals surface area contributed by atoms with Crippen LogP contribution >= 0.6 is 0 Å². The minimum absolute atomic E-state index is 0.281. The molecule has 0 aromatic carbocycles. The van der Waals surface area contributed by atoms with E-state index in [1.54, 1.807) is 17.8 Å². The molecular weight excluding hydrogens is 230 g/mol. The zero-order valence-electron chi connectivity index (χ0n) is 11.1. The molecule has 18 heavy (non-hydrogen) atoms. The molecule has 0 saturated heterocycles. The number of hydrogen-bond donors (Lipinski definition) is 1. The molecule has 0 aliphatic heterocycles. The van der Waals surface area contributed by atoms with Crippen molar-refractivity contribution in [3.63, 3.8) is 0 Å². The average molecular weight is 247 g/mol. The zero-order valence-corrected chi connectivity index (χ0v) is 11.1. The van der Waals surface area contributed by atoms with Crippen molar-refractivity contribution >= 4 is 17.0 Å². The molecule has 0 amide bonds. The van der Waals surface area contributed by atoms with Crippen molar-refractivity contribution in [2.75, 3.05) is 0 Å². The number of rotatable bonds is 3. The molecule has 2 aromatic rings. The van der Waals surface area contributed by atoms with Crippen LogP contribution in [0.3, 0.4) is 0 Å². The number of aromatic nitrogens is 3. The van der Waals surface area contributed by atoms with Crippen LogP contribution in [0, 0.1) is 12.8 Å². The maximum atomic E-state index is 11.3. The van der Waals surface area contributed by atoms with Gasteiger partial charge in [-0.05, 0) is 19.3 Å². The summed E-state index contributed by atoms with van der Waals surface area (Å²) in [4.78, 5) is 20.0. The van der Waals surface area contributed by atoms with Crippen LogP contribution in [-0.4, -0.2) is 25.6 Å². The fourth-order valence-corrected chi connectivity index (χ4v) is 2.16. The second kappa shape index (κ2) is 4.40. The minimum atomic E-state index is -0.932. The third kappa shape index (κ3) is 2.08. The molecule has 5 heteroatoms. The van der Waals surface area contributed by atoms with E-state index in [1.165, 1.54) is 0 Å². The van der Waals surface area contributed by atoms with Crippen LogP contribution in [0.4, 0.5) is 0 Å². The van der Waals surface area contributed by atoms with E-state index < -0.39 is 5.97 Å². The van der Waals surface area contributed by atoms with Gasteiger partial charge in [0.25, 0.3) is 0 Å². The van der Waals surface area contributed by atoms with Gasteiger partial charge in [-0.25, -0.2) is 14.8 Å². The summed E-state index contributed by atoms with van der Waals surface area (Å²) in [6, 6.07) is 0. The number of aryl methyl sites for hydroxylation is 2. The van der Waals surface area contributed by atoms with E-state index in [1.807, 2.05) is 6.92 Å². The van der Waals surface area contributed by atoms with Crippen molar-refractivity contribution in [2.45, 2.75) is 27.2 Å². The Kier molecular flexibility index (Phi) is 3.07. The molecule has 1 N–H and O–H groups in total. The standard InChI is InChI=1S/C13H17N3O2/c1-7(2)5-10-11-9(13(17)18)6-16(4)12(11)15-8(3)14-10/h6-7H,5H2,1-4H3,(H,17,18). The Labute approximate surface area is 105 Å². The number of hydrogen-bond acceptors (Lipinski definition) is 3. The van der Waals surface area contributed by atoms with E-state index in [0.717, 1.165) is 12.1 Å². The average Bonchev–Trinajstić information content (AvgIpc) is 2.55. The van der Waals surface area contributed by atoms with E-state index in [4.69, 9.17) is 0 Å². The van der Waals surface area contributed by atoms with Gasteiger partial charge in [0.1, 0.15) is 11.5 Å². The maximum absolute atomic E-state index is 11.3. The van der Waals surface area contributed by atoms with Gasteiger partial charge in [0.05, 0.1) is 16.6 Å². The lowest BCUT2D eigenvalue weighted by Gasteiger charge is -2.07. The summed E-state index contributed by atoms with van der Waals surface area (Å²) in [5.74, 6) is 0.165. The fourth-order valence-electron chi connectivity index (χ4n) is 2.16. The van der Waals surface area contributed by atoms with Gasteiger partial charge in [-0.2, -0.15) is 0 Å². The predicted molar refractivity (Wildman–Crippen MR) is 68.7 cm³/mol. The highest BCUT2D eigenvalue weighted by Gasteiger charge is 2.19. The second-order valence-corrected chi connectivity index (χ2v) is 4.97. The molecule has 2 aromatic heterocycles. The topological polar surface area (TPSA) is 68.0 Å². The third-order valence-electron chi connectivity index (χ3n) is 2.83. The number of aromatic carboxylic acids is 1. The molecule has 0 aliphatic carbocycles. The first kappa shape index (κ1) is 12.5. The van der Waals surface area contributed by atoms with Crippen molar-refractivity contribution in [1.82, 2.24) is 14.5 Å². The summed E-state index contributed by atoms with van der Waals surface area (Å²) in [5.41, 5.74) is 1.80. The van der Waals surface area contributed by atoms with Gasteiger partial charge in [-0.15, -0.1) is 0 Å². The lowest BCUT2D eigenvalue weighted by atomic mass is 10.0. The molecule has 0 atom stereocenters. The quantitative estimate of drug-likeness (QED) is 0.902. The maximum Gasteiger partial charge on any atom is 0.338 e. The van der Waals surface area contributed by atoms with Crippen molar-refractivity contribution in [3.8, 4) is 0 Å². The number of fused-ring (bicyclic) bond motifs is 1. The molecule has 0 fully saturated rings. The number of carboxylic acids is 1. The highest BCUT2D eigenvalue weighted by molar-refractivity contribution is 6.03. The summed E-state index contributed by atoms with van der Waals surface area (Å²) in [7, 11) is 1.81. The van der Waals surface area contributed by atoms with E-state index in [2.05, 4.69) is 23.8 Å². The predicted octanol–water partition coefficient (Wildman–Crippen LogP) is 2.17. The Bertz CT molecular complexity index is 614. The highest BCUT2D eigenvalue weighted by atomic mass is 16.4. The minimum Gasteiger partial charge on any atom is -0.478 e. The largest absolute Gasteiger partial charge is 0.478 e. The van der Waals surface area contributed by atoms with Crippen LogP contribution in [0.1, 0.15) is 35.7 Å². The summed E-state index contributed by atoms with van der Waals surface area (Å²) in [6.45, 7) is 6.01. The smallest absolute Gasteiger partial charge is 0.338 e. The second-order valence-electron chi connectivity index (χ2n) is 4.97. The number of nitrogens with zero attached hydrogens (tertiary/aromatic N) is 3. The van der Waals surface area contributed by atoms with Crippen molar-refractivity contribution in [3.05, 3.63) is 23.3 Å². The molecule has 0 radical (unpaired) electrons. The van der Waals surface area contributed by atoms with Gasteiger partial charge >= 0.3 is 5.97 Å². The van der Waals surface area contributed by atoms with E-state index in [-0.39, 0.29) is 5.56 Å². The normalized spacial score (nSPS) is 11.4. The third-order valence-corrected chi connectivity index (χ3v) is 2.83. The van der Waals surface area contributed by atoms with E-state index in [9.17, 15) is 9.90 Å². The summed E-state index contributed by atoms with van der Waals surface area (Å²) in [5, 5.41) is 9.93. The Morgan fingerprint density at radius 2 is 2.11 bits per heavy atom. The van der Waals surface area contributed by atoms with Crippen LogP contribution in [0.25, 0.3) is 11.0 Å². The first-order valence-electron chi connectivity index (χ1n) is 5.96. The Hall–Kier alpha value is -1.91. The van der Waals surface area contributed by atoms with E-state index in [0.29, 0.717) is 22.8 Å². The summed E-state index contributed by atoms with van der Waals surface area (Å²) < 4.78 is 1.75.